The fraction of sp³-hybridized carbons (Fsp3) is 0.778. The Hall–Kier alpha value is -0.580. The van der Waals surface area contributed by atoms with Crippen LogP contribution in [0.4, 0.5) is 0 Å². The Balaban J connectivity index is 3.06. The lowest BCUT2D eigenvalue weighted by atomic mass is 10.1. The molecule has 0 aromatic carbocycles. The quantitative estimate of drug-likeness (QED) is 0.179. The molecule has 0 radical (unpaired) electrons. The van der Waals surface area contributed by atoms with E-state index in [1.54, 1.807) is 0 Å². The summed E-state index contributed by atoms with van der Waals surface area (Å²) in [6, 6.07) is 0. The van der Waals surface area contributed by atoms with Gasteiger partial charge in [0.05, 0.1) is 0 Å². The third kappa shape index (κ3) is 19.4. The van der Waals surface area contributed by atoms with E-state index in [9.17, 15) is 0 Å². The first-order valence-electron chi connectivity index (χ1n) is 8.58. The second-order valence-electron chi connectivity index (χ2n) is 5.46. The summed E-state index contributed by atoms with van der Waals surface area (Å²) in [4.78, 5) is 0. The molecule has 0 unspecified atom stereocenters. The Morgan fingerprint density at radius 3 is 1.32 bits per heavy atom. The zero-order valence-electron chi connectivity index (χ0n) is 13.8. The van der Waals surface area contributed by atoms with Crippen molar-refractivity contribution in [2.45, 2.75) is 77.0 Å². The van der Waals surface area contributed by atoms with Gasteiger partial charge >= 0.3 is 0 Å². The first-order valence-corrected chi connectivity index (χ1v) is 10.6. The average Bonchev–Trinajstić information content (AvgIpc) is 2.54. The van der Waals surface area contributed by atoms with E-state index in [1.807, 2.05) is 0 Å². The van der Waals surface area contributed by atoms with E-state index in [1.165, 1.54) is 101 Å². The van der Waals surface area contributed by atoms with E-state index < -0.39 is 0 Å². The Kier molecular flexibility index (Phi) is 19.9. The summed E-state index contributed by atoms with van der Waals surface area (Å²) in [6.45, 7) is 0. The van der Waals surface area contributed by atoms with Crippen molar-refractivity contribution < 1.29 is 0 Å². The molecule has 0 bridgehead atoms. The monoisotopic (exact) mass is 338 g/mol. The van der Waals surface area contributed by atoms with Gasteiger partial charge < -0.3 is 0 Å². The van der Waals surface area contributed by atoms with Crippen LogP contribution in [-0.4, -0.2) is 11.5 Å². The number of nitriles is 2. The van der Waals surface area contributed by atoms with Crippen LogP contribution >= 0.6 is 23.5 Å². The van der Waals surface area contributed by atoms with Gasteiger partial charge in [-0.1, -0.05) is 50.7 Å². The molecule has 124 valence electrons. The van der Waals surface area contributed by atoms with Gasteiger partial charge in [-0.2, -0.15) is 10.5 Å². The first-order chi connectivity index (χ1) is 10.9. The van der Waals surface area contributed by atoms with Crippen LogP contribution in [0.1, 0.15) is 77.0 Å². The van der Waals surface area contributed by atoms with Crippen LogP contribution in [0.5, 0.6) is 0 Å². The highest BCUT2D eigenvalue weighted by atomic mass is 32.2. The Morgan fingerprint density at radius 2 is 0.909 bits per heavy atom. The van der Waals surface area contributed by atoms with Crippen molar-refractivity contribution in [3.8, 4) is 10.8 Å². The molecule has 0 aliphatic heterocycles. The normalized spacial score (nSPS) is 10.6. The largest absolute Gasteiger partial charge is 0.185 e. The number of unbranched alkanes of at least 4 members (excludes halogenated alkanes) is 10. The maximum atomic E-state index is 8.40. The van der Waals surface area contributed by atoms with Gasteiger partial charge in [-0.25, -0.2) is 0 Å². The van der Waals surface area contributed by atoms with Gasteiger partial charge in [-0.05, 0) is 62.0 Å². The molecular weight excluding hydrogens is 308 g/mol. The number of thioether (sulfide) groups is 2. The standard InChI is InChI=1S/C18H30N2S2/c19-17-21-15-13-11-9-7-5-3-1-2-4-6-8-10-12-14-16-22-18-20/h1,3H,2,4-16H2. The highest BCUT2D eigenvalue weighted by Crippen LogP contribution is 2.11. The lowest BCUT2D eigenvalue weighted by Crippen LogP contribution is -1.82. The van der Waals surface area contributed by atoms with Crippen LogP contribution in [0, 0.1) is 21.3 Å². The number of allylic oxidation sites excluding steroid dienone is 2. The minimum Gasteiger partial charge on any atom is -0.185 e. The zero-order valence-corrected chi connectivity index (χ0v) is 15.4. The number of nitrogens with zero attached hydrogens (tertiary/aromatic N) is 2. The molecule has 4 heteroatoms. The topological polar surface area (TPSA) is 47.6 Å². The second-order valence-corrected chi connectivity index (χ2v) is 7.22. The van der Waals surface area contributed by atoms with Crippen molar-refractivity contribution >= 4 is 23.5 Å². The van der Waals surface area contributed by atoms with E-state index in [4.69, 9.17) is 10.5 Å². The number of rotatable bonds is 16. The lowest BCUT2D eigenvalue weighted by molar-refractivity contribution is 0.612. The third-order valence-electron chi connectivity index (χ3n) is 3.53. The van der Waals surface area contributed by atoms with Crippen LogP contribution in [0.25, 0.3) is 0 Å². The summed E-state index contributed by atoms with van der Waals surface area (Å²) in [7, 11) is 0. The number of thiocyanates is 2. The molecule has 0 atom stereocenters. The highest BCUT2D eigenvalue weighted by molar-refractivity contribution is 8.03. The predicted molar refractivity (Wildman–Crippen MR) is 101 cm³/mol. The van der Waals surface area contributed by atoms with Gasteiger partial charge in [0.15, 0.2) is 0 Å². The lowest BCUT2D eigenvalue weighted by Gasteiger charge is -1.99. The SMILES string of the molecule is N#CSCCCCCCC=CCCCCCCCCSC#N. The maximum absolute atomic E-state index is 8.40. The van der Waals surface area contributed by atoms with Crippen molar-refractivity contribution in [1.29, 1.82) is 10.5 Å². The van der Waals surface area contributed by atoms with Crippen LogP contribution in [-0.2, 0) is 0 Å². The van der Waals surface area contributed by atoms with Gasteiger partial charge in [0.1, 0.15) is 10.8 Å². The summed E-state index contributed by atoms with van der Waals surface area (Å²) >= 11 is 2.75. The van der Waals surface area contributed by atoms with E-state index in [-0.39, 0.29) is 0 Å². The van der Waals surface area contributed by atoms with Crippen LogP contribution < -0.4 is 0 Å². The van der Waals surface area contributed by atoms with Gasteiger partial charge in [0.2, 0.25) is 0 Å². The molecule has 0 rings (SSSR count). The Bertz CT molecular complexity index is 329. The Morgan fingerprint density at radius 1 is 0.545 bits per heavy atom. The summed E-state index contributed by atoms with van der Waals surface area (Å²) in [5.74, 6) is 1.99. The van der Waals surface area contributed by atoms with Crippen molar-refractivity contribution in [3.63, 3.8) is 0 Å². The summed E-state index contributed by atoms with van der Waals surface area (Å²) in [5.41, 5.74) is 0. The van der Waals surface area contributed by atoms with E-state index in [0.717, 1.165) is 11.5 Å². The molecule has 0 aliphatic rings. The van der Waals surface area contributed by atoms with Crippen molar-refractivity contribution in [3.05, 3.63) is 12.2 Å². The van der Waals surface area contributed by atoms with E-state index in [0.29, 0.717) is 0 Å². The molecule has 0 amide bonds. The molecule has 0 saturated carbocycles. The molecule has 0 aromatic heterocycles. The number of hydrogen-bond acceptors (Lipinski definition) is 4. The van der Waals surface area contributed by atoms with Gasteiger partial charge in [0, 0.05) is 11.5 Å². The molecular formula is C18H30N2S2. The smallest absolute Gasteiger partial charge is 0.133 e. The molecule has 22 heavy (non-hydrogen) atoms. The fourth-order valence-electron chi connectivity index (χ4n) is 2.26. The molecule has 0 aliphatic carbocycles. The Labute approximate surface area is 145 Å². The van der Waals surface area contributed by atoms with Crippen LogP contribution in [0.3, 0.4) is 0 Å². The van der Waals surface area contributed by atoms with Gasteiger partial charge in [0.25, 0.3) is 0 Å². The molecule has 0 fully saturated rings. The van der Waals surface area contributed by atoms with Crippen molar-refractivity contribution in [2.75, 3.05) is 11.5 Å². The second kappa shape index (κ2) is 20.4. The summed E-state index contributed by atoms with van der Waals surface area (Å²) in [5, 5.41) is 21.0. The van der Waals surface area contributed by atoms with E-state index in [2.05, 4.69) is 23.0 Å². The predicted octanol–water partition coefficient (Wildman–Crippen LogP) is 6.65. The number of hydrogen-bond donors (Lipinski definition) is 0. The van der Waals surface area contributed by atoms with Crippen molar-refractivity contribution in [2.24, 2.45) is 0 Å². The van der Waals surface area contributed by atoms with Gasteiger partial charge in [-0.3, -0.25) is 0 Å². The molecule has 0 saturated heterocycles. The van der Waals surface area contributed by atoms with Gasteiger partial charge in [-0.15, -0.1) is 0 Å². The average molecular weight is 339 g/mol. The fourth-order valence-corrected chi connectivity index (χ4v) is 3.14. The summed E-state index contributed by atoms with van der Waals surface area (Å²) in [6.07, 6.45) is 19.9. The minimum atomic E-state index is 0.990. The third-order valence-corrected chi connectivity index (χ3v) is 4.77. The molecule has 2 nitrogen and oxygen atoms in total. The van der Waals surface area contributed by atoms with Crippen molar-refractivity contribution in [1.82, 2.24) is 0 Å². The molecule has 0 heterocycles. The minimum absolute atomic E-state index is 0.990. The zero-order chi connectivity index (χ0) is 16.1. The molecule has 0 N–H and O–H groups in total. The van der Waals surface area contributed by atoms with Crippen LogP contribution in [0.15, 0.2) is 12.2 Å². The van der Waals surface area contributed by atoms with E-state index >= 15 is 0 Å². The molecule has 0 aromatic rings. The maximum Gasteiger partial charge on any atom is 0.133 e. The molecule has 0 spiro atoms. The summed E-state index contributed by atoms with van der Waals surface area (Å²) < 4.78 is 0. The van der Waals surface area contributed by atoms with Crippen LogP contribution in [0.2, 0.25) is 0 Å². The first kappa shape index (κ1) is 21.4. The highest BCUT2D eigenvalue weighted by Gasteiger charge is 1.92.